The molecular formula is C13H25NO2. The normalized spacial score (nSPS) is 36.4. The lowest BCUT2D eigenvalue weighted by atomic mass is 9.74. The Morgan fingerprint density at radius 2 is 1.94 bits per heavy atom. The molecule has 0 unspecified atom stereocenters. The summed E-state index contributed by atoms with van der Waals surface area (Å²) in [4.78, 5) is 0. The Hall–Kier alpha value is -0.120. The van der Waals surface area contributed by atoms with Gasteiger partial charge in [0.2, 0.25) is 0 Å². The van der Waals surface area contributed by atoms with Crippen LogP contribution in [-0.4, -0.2) is 31.5 Å². The van der Waals surface area contributed by atoms with Crippen LogP contribution >= 0.6 is 0 Å². The van der Waals surface area contributed by atoms with Crippen molar-refractivity contribution in [3.63, 3.8) is 0 Å². The maximum atomic E-state index is 6.14. The topological polar surface area (TPSA) is 44.5 Å². The van der Waals surface area contributed by atoms with Crippen LogP contribution in [0.1, 0.15) is 39.5 Å². The molecule has 3 heteroatoms. The van der Waals surface area contributed by atoms with Crippen molar-refractivity contribution in [2.24, 2.45) is 17.6 Å². The molecule has 0 atom stereocenters. The SMILES string of the molecule is CC(C)C1CCC(CN)(OC2COC2)CC1. The molecule has 0 amide bonds. The molecule has 0 aromatic carbocycles. The average Bonchev–Trinajstić information content (AvgIpc) is 2.24. The molecule has 1 aliphatic carbocycles. The Morgan fingerprint density at radius 1 is 1.31 bits per heavy atom. The summed E-state index contributed by atoms with van der Waals surface area (Å²) in [5, 5.41) is 0. The average molecular weight is 227 g/mol. The van der Waals surface area contributed by atoms with Crippen LogP contribution in [0.25, 0.3) is 0 Å². The summed E-state index contributed by atoms with van der Waals surface area (Å²) < 4.78 is 11.3. The lowest BCUT2D eigenvalue weighted by Crippen LogP contribution is -2.51. The second-order valence-electron chi connectivity index (χ2n) is 5.75. The number of ether oxygens (including phenoxy) is 2. The van der Waals surface area contributed by atoms with E-state index >= 15 is 0 Å². The minimum absolute atomic E-state index is 0.0418. The zero-order valence-corrected chi connectivity index (χ0v) is 10.6. The fourth-order valence-corrected chi connectivity index (χ4v) is 2.84. The van der Waals surface area contributed by atoms with E-state index in [9.17, 15) is 0 Å². The summed E-state index contributed by atoms with van der Waals surface area (Å²) in [6.45, 7) is 6.82. The third kappa shape index (κ3) is 2.58. The van der Waals surface area contributed by atoms with Crippen LogP contribution in [0.2, 0.25) is 0 Å². The lowest BCUT2D eigenvalue weighted by molar-refractivity contribution is -0.201. The molecule has 0 radical (unpaired) electrons. The first-order chi connectivity index (χ1) is 7.65. The molecule has 1 heterocycles. The molecule has 3 nitrogen and oxygen atoms in total. The molecule has 2 aliphatic rings. The van der Waals surface area contributed by atoms with Crippen LogP contribution in [0.5, 0.6) is 0 Å². The van der Waals surface area contributed by atoms with Gasteiger partial charge in [0.1, 0.15) is 6.10 Å². The van der Waals surface area contributed by atoms with E-state index in [0.29, 0.717) is 12.6 Å². The third-order valence-electron chi connectivity index (χ3n) is 4.28. The third-order valence-corrected chi connectivity index (χ3v) is 4.28. The van der Waals surface area contributed by atoms with Gasteiger partial charge in [-0.2, -0.15) is 0 Å². The van der Waals surface area contributed by atoms with Crippen LogP contribution in [0.3, 0.4) is 0 Å². The summed E-state index contributed by atoms with van der Waals surface area (Å²) >= 11 is 0. The number of nitrogens with two attached hydrogens (primary N) is 1. The Morgan fingerprint density at radius 3 is 2.31 bits per heavy atom. The Bertz CT molecular complexity index is 218. The molecular weight excluding hydrogens is 202 g/mol. The van der Waals surface area contributed by atoms with Crippen molar-refractivity contribution in [2.75, 3.05) is 19.8 Å². The van der Waals surface area contributed by atoms with Gasteiger partial charge in [-0.25, -0.2) is 0 Å². The molecule has 0 aromatic heterocycles. The molecule has 1 aliphatic heterocycles. The van der Waals surface area contributed by atoms with Crippen molar-refractivity contribution in [2.45, 2.75) is 51.2 Å². The fourth-order valence-electron chi connectivity index (χ4n) is 2.84. The minimum Gasteiger partial charge on any atom is -0.376 e. The monoisotopic (exact) mass is 227 g/mol. The van der Waals surface area contributed by atoms with Gasteiger partial charge < -0.3 is 15.2 Å². The first kappa shape index (κ1) is 12.3. The zero-order chi connectivity index (χ0) is 11.6. The van der Waals surface area contributed by atoms with Gasteiger partial charge in [-0.15, -0.1) is 0 Å². The zero-order valence-electron chi connectivity index (χ0n) is 10.6. The summed E-state index contributed by atoms with van der Waals surface area (Å²) in [7, 11) is 0. The summed E-state index contributed by atoms with van der Waals surface area (Å²) in [5.41, 5.74) is 5.88. The largest absolute Gasteiger partial charge is 0.376 e. The lowest BCUT2D eigenvalue weighted by Gasteiger charge is -2.44. The number of hydrogen-bond acceptors (Lipinski definition) is 3. The van der Waals surface area contributed by atoms with Crippen molar-refractivity contribution in [1.29, 1.82) is 0 Å². The number of rotatable bonds is 4. The van der Waals surface area contributed by atoms with E-state index in [2.05, 4.69) is 13.8 Å². The molecule has 2 N–H and O–H groups in total. The van der Waals surface area contributed by atoms with E-state index < -0.39 is 0 Å². The highest BCUT2D eigenvalue weighted by Crippen LogP contribution is 2.38. The van der Waals surface area contributed by atoms with Crippen molar-refractivity contribution in [3.05, 3.63) is 0 Å². The van der Waals surface area contributed by atoms with Gasteiger partial charge in [0.15, 0.2) is 0 Å². The second kappa shape index (κ2) is 5.03. The smallest absolute Gasteiger partial charge is 0.105 e. The van der Waals surface area contributed by atoms with Crippen LogP contribution in [0, 0.1) is 11.8 Å². The van der Waals surface area contributed by atoms with E-state index in [1.807, 2.05) is 0 Å². The molecule has 94 valence electrons. The van der Waals surface area contributed by atoms with E-state index in [-0.39, 0.29) is 5.60 Å². The van der Waals surface area contributed by atoms with Crippen LogP contribution in [0.4, 0.5) is 0 Å². The van der Waals surface area contributed by atoms with Gasteiger partial charge in [0.25, 0.3) is 0 Å². The van der Waals surface area contributed by atoms with Gasteiger partial charge in [0.05, 0.1) is 18.8 Å². The summed E-state index contributed by atoms with van der Waals surface area (Å²) in [5.74, 6) is 1.66. The maximum absolute atomic E-state index is 6.14. The molecule has 0 aromatic rings. The fraction of sp³-hybridized carbons (Fsp3) is 1.00. The predicted molar refractivity (Wildman–Crippen MR) is 64.3 cm³/mol. The predicted octanol–water partition coefficient (Wildman–Crippen LogP) is 1.95. The molecule has 2 fully saturated rings. The van der Waals surface area contributed by atoms with Crippen LogP contribution < -0.4 is 5.73 Å². The van der Waals surface area contributed by atoms with Gasteiger partial charge in [-0.05, 0) is 37.5 Å². The van der Waals surface area contributed by atoms with E-state index in [0.717, 1.165) is 37.9 Å². The highest BCUT2D eigenvalue weighted by molar-refractivity contribution is 4.90. The molecule has 2 rings (SSSR count). The molecule has 0 bridgehead atoms. The Kier molecular flexibility index (Phi) is 3.88. The molecule has 0 spiro atoms. The Labute approximate surface area is 98.7 Å². The van der Waals surface area contributed by atoms with Gasteiger partial charge >= 0.3 is 0 Å². The maximum Gasteiger partial charge on any atom is 0.105 e. The highest BCUT2D eigenvalue weighted by Gasteiger charge is 2.39. The van der Waals surface area contributed by atoms with Crippen LogP contribution in [0.15, 0.2) is 0 Å². The van der Waals surface area contributed by atoms with Gasteiger partial charge in [-0.1, -0.05) is 13.8 Å². The van der Waals surface area contributed by atoms with Crippen molar-refractivity contribution >= 4 is 0 Å². The first-order valence-electron chi connectivity index (χ1n) is 6.61. The standard InChI is InChI=1S/C13H25NO2/c1-10(2)11-3-5-13(9-14,6-4-11)16-12-7-15-8-12/h10-12H,3-9,14H2,1-2H3. The van der Waals surface area contributed by atoms with E-state index in [4.69, 9.17) is 15.2 Å². The molecule has 1 saturated carbocycles. The molecule has 16 heavy (non-hydrogen) atoms. The quantitative estimate of drug-likeness (QED) is 0.798. The second-order valence-corrected chi connectivity index (χ2v) is 5.75. The minimum atomic E-state index is -0.0418. The van der Waals surface area contributed by atoms with E-state index in [1.54, 1.807) is 0 Å². The van der Waals surface area contributed by atoms with Crippen molar-refractivity contribution in [1.82, 2.24) is 0 Å². The number of hydrogen-bond donors (Lipinski definition) is 1. The highest BCUT2D eigenvalue weighted by atomic mass is 16.6. The van der Waals surface area contributed by atoms with Crippen LogP contribution in [-0.2, 0) is 9.47 Å². The van der Waals surface area contributed by atoms with Gasteiger partial charge in [0, 0.05) is 6.54 Å². The Balaban J connectivity index is 1.86. The first-order valence-corrected chi connectivity index (χ1v) is 6.61. The summed E-state index contributed by atoms with van der Waals surface area (Å²) in [6.07, 6.45) is 5.09. The van der Waals surface area contributed by atoms with Crippen molar-refractivity contribution in [3.8, 4) is 0 Å². The molecule has 1 saturated heterocycles. The van der Waals surface area contributed by atoms with E-state index in [1.165, 1.54) is 12.8 Å². The summed E-state index contributed by atoms with van der Waals surface area (Å²) in [6, 6.07) is 0. The van der Waals surface area contributed by atoms with Gasteiger partial charge in [-0.3, -0.25) is 0 Å². The van der Waals surface area contributed by atoms with Crippen molar-refractivity contribution < 1.29 is 9.47 Å².